The van der Waals surface area contributed by atoms with Gasteiger partial charge in [-0.1, -0.05) is 54.6 Å². The maximum atomic E-state index is 13.0. The van der Waals surface area contributed by atoms with Gasteiger partial charge < -0.3 is 19.4 Å². The fraction of sp³-hybridized carbons (Fsp3) is 0.111. The second kappa shape index (κ2) is 7.98. The molecule has 6 rings (SSSR count). The monoisotopic (exact) mass is 435 g/mol. The SMILES string of the molecule is O=C(Cn1c(Cc2cccc3ccccc23)nc2ccccc21)Nc1ccc2c(c1)OCO2. The summed E-state index contributed by atoms with van der Waals surface area (Å²) in [7, 11) is 0. The van der Waals surface area contributed by atoms with Crippen molar-refractivity contribution in [2.45, 2.75) is 13.0 Å². The van der Waals surface area contributed by atoms with Crippen molar-refractivity contribution in [3.63, 3.8) is 0 Å². The van der Waals surface area contributed by atoms with Gasteiger partial charge in [0.2, 0.25) is 12.7 Å². The zero-order valence-corrected chi connectivity index (χ0v) is 17.8. The minimum absolute atomic E-state index is 0.129. The van der Waals surface area contributed by atoms with Crippen LogP contribution >= 0.6 is 0 Å². The number of fused-ring (bicyclic) bond motifs is 3. The predicted molar refractivity (Wildman–Crippen MR) is 128 cm³/mol. The molecule has 0 spiro atoms. The summed E-state index contributed by atoms with van der Waals surface area (Å²) in [5.41, 5.74) is 3.67. The van der Waals surface area contributed by atoms with Crippen molar-refractivity contribution in [3.8, 4) is 11.5 Å². The first kappa shape index (κ1) is 19.4. The Labute approximate surface area is 190 Å². The molecule has 4 aromatic carbocycles. The van der Waals surface area contributed by atoms with E-state index in [0.29, 0.717) is 23.6 Å². The summed E-state index contributed by atoms with van der Waals surface area (Å²) in [6.07, 6.45) is 0.632. The van der Waals surface area contributed by atoms with Crippen LogP contribution in [0.25, 0.3) is 21.8 Å². The van der Waals surface area contributed by atoms with Crippen molar-refractivity contribution in [2.75, 3.05) is 12.1 Å². The summed E-state index contributed by atoms with van der Waals surface area (Å²) >= 11 is 0. The fourth-order valence-electron chi connectivity index (χ4n) is 4.37. The number of aromatic nitrogens is 2. The van der Waals surface area contributed by atoms with Gasteiger partial charge in [-0.3, -0.25) is 4.79 Å². The van der Waals surface area contributed by atoms with Crippen LogP contribution in [-0.4, -0.2) is 22.3 Å². The third kappa shape index (κ3) is 3.65. The number of hydrogen-bond acceptors (Lipinski definition) is 4. The van der Waals surface area contributed by atoms with Gasteiger partial charge >= 0.3 is 0 Å². The highest BCUT2D eigenvalue weighted by Crippen LogP contribution is 2.34. The molecule has 1 aliphatic heterocycles. The molecule has 1 amide bonds. The Morgan fingerprint density at radius 1 is 0.909 bits per heavy atom. The Bertz CT molecular complexity index is 1500. The van der Waals surface area contributed by atoms with Crippen LogP contribution in [0.1, 0.15) is 11.4 Å². The van der Waals surface area contributed by atoms with Gasteiger partial charge in [-0.05, 0) is 40.6 Å². The quantitative estimate of drug-likeness (QED) is 0.415. The number of benzene rings is 4. The number of rotatable bonds is 5. The molecule has 6 heteroatoms. The molecule has 162 valence electrons. The molecule has 0 aliphatic carbocycles. The van der Waals surface area contributed by atoms with E-state index in [2.05, 4.69) is 35.6 Å². The van der Waals surface area contributed by atoms with Gasteiger partial charge in [0, 0.05) is 18.2 Å². The lowest BCUT2D eigenvalue weighted by Crippen LogP contribution is -2.20. The smallest absolute Gasteiger partial charge is 0.244 e. The van der Waals surface area contributed by atoms with Gasteiger partial charge in [0.25, 0.3) is 0 Å². The van der Waals surface area contributed by atoms with E-state index in [-0.39, 0.29) is 19.2 Å². The Morgan fingerprint density at radius 2 is 1.73 bits per heavy atom. The molecule has 0 saturated carbocycles. The maximum absolute atomic E-state index is 13.0. The Kier molecular flexibility index (Phi) is 4.69. The van der Waals surface area contributed by atoms with E-state index in [1.165, 1.54) is 16.3 Å². The summed E-state index contributed by atoms with van der Waals surface area (Å²) in [6.45, 7) is 0.361. The van der Waals surface area contributed by atoms with Crippen molar-refractivity contribution in [1.29, 1.82) is 0 Å². The molecule has 0 unspecified atom stereocenters. The van der Waals surface area contributed by atoms with E-state index in [9.17, 15) is 4.79 Å². The third-order valence-corrected chi connectivity index (χ3v) is 5.92. The van der Waals surface area contributed by atoms with Crippen LogP contribution in [0.3, 0.4) is 0 Å². The lowest BCUT2D eigenvalue weighted by Gasteiger charge is -2.12. The highest BCUT2D eigenvalue weighted by atomic mass is 16.7. The van der Waals surface area contributed by atoms with Crippen molar-refractivity contribution in [1.82, 2.24) is 9.55 Å². The number of para-hydroxylation sites is 2. The molecular weight excluding hydrogens is 414 g/mol. The molecular formula is C27H21N3O3. The number of nitrogens with one attached hydrogen (secondary N) is 1. The van der Waals surface area contributed by atoms with E-state index < -0.39 is 0 Å². The summed E-state index contributed by atoms with van der Waals surface area (Å²) in [5.74, 6) is 2.05. The average molecular weight is 435 g/mol. The normalized spacial score (nSPS) is 12.4. The number of amides is 1. The van der Waals surface area contributed by atoms with E-state index >= 15 is 0 Å². The first-order valence-electron chi connectivity index (χ1n) is 10.8. The minimum atomic E-state index is -0.129. The highest BCUT2D eigenvalue weighted by Gasteiger charge is 2.17. The lowest BCUT2D eigenvalue weighted by molar-refractivity contribution is -0.116. The van der Waals surface area contributed by atoms with Gasteiger partial charge in [-0.15, -0.1) is 0 Å². The topological polar surface area (TPSA) is 65.4 Å². The van der Waals surface area contributed by atoms with Crippen molar-refractivity contribution < 1.29 is 14.3 Å². The number of nitrogens with zero attached hydrogens (tertiary/aromatic N) is 2. The number of carbonyl (C=O) groups excluding carboxylic acids is 1. The fourth-order valence-corrected chi connectivity index (χ4v) is 4.37. The van der Waals surface area contributed by atoms with Gasteiger partial charge in [-0.25, -0.2) is 4.98 Å². The molecule has 0 fully saturated rings. The number of anilines is 1. The number of hydrogen-bond donors (Lipinski definition) is 1. The average Bonchev–Trinajstić information content (AvgIpc) is 3.44. The Balaban J connectivity index is 1.32. The summed E-state index contributed by atoms with van der Waals surface area (Å²) in [6, 6.07) is 28.0. The van der Waals surface area contributed by atoms with Crippen LogP contribution in [0.2, 0.25) is 0 Å². The first-order chi connectivity index (χ1) is 16.2. The van der Waals surface area contributed by atoms with Crippen molar-refractivity contribution in [2.24, 2.45) is 0 Å². The highest BCUT2D eigenvalue weighted by molar-refractivity contribution is 5.92. The molecule has 1 aliphatic rings. The van der Waals surface area contributed by atoms with Crippen molar-refractivity contribution >= 4 is 33.4 Å². The summed E-state index contributed by atoms with van der Waals surface area (Å²) in [5, 5.41) is 5.36. The largest absolute Gasteiger partial charge is 0.454 e. The van der Waals surface area contributed by atoms with Crippen LogP contribution in [-0.2, 0) is 17.8 Å². The zero-order chi connectivity index (χ0) is 22.2. The Morgan fingerprint density at radius 3 is 2.70 bits per heavy atom. The number of ether oxygens (including phenoxy) is 2. The first-order valence-corrected chi connectivity index (χ1v) is 10.8. The van der Waals surface area contributed by atoms with E-state index in [1.54, 1.807) is 12.1 Å². The third-order valence-electron chi connectivity index (χ3n) is 5.92. The van der Waals surface area contributed by atoms with Gasteiger partial charge in [0.15, 0.2) is 11.5 Å². The molecule has 2 heterocycles. The molecule has 0 atom stereocenters. The molecule has 0 saturated heterocycles. The van der Waals surface area contributed by atoms with E-state index in [1.807, 2.05) is 47.0 Å². The van der Waals surface area contributed by atoms with E-state index in [0.717, 1.165) is 16.9 Å². The minimum Gasteiger partial charge on any atom is -0.454 e. The van der Waals surface area contributed by atoms with E-state index in [4.69, 9.17) is 14.5 Å². The second-order valence-electron chi connectivity index (χ2n) is 8.03. The predicted octanol–water partition coefficient (Wildman–Crippen LogP) is 5.15. The molecule has 33 heavy (non-hydrogen) atoms. The lowest BCUT2D eigenvalue weighted by atomic mass is 10.0. The van der Waals surface area contributed by atoms with Gasteiger partial charge in [0.1, 0.15) is 12.4 Å². The number of imidazole rings is 1. The number of carbonyl (C=O) groups is 1. The maximum Gasteiger partial charge on any atom is 0.244 e. The van der Waals surface area contributed by atoms with Gasteiger partial charge in [0.05, 0.1) is 11.0 Å². The molecule has 0 bridgehead atoms. The zero-order valence-electron chi connectivity index (χ0n) is 17.8. The standard InChI is InChI=1S/C27H21N3O3/c31-27(28-20-12-13-24-25(15-20)33-17-32-24)16-30-23-11-4-3-10-22(23)29-26(30)14-19-8-5-7-18-6-1-2-9-21(18)19/h1-13,15H,14,16-17H2,(H,28,31). The van der Waals surface area contributed by atoms with Crippen LogP contribution in [0.5, 0.6) is 11.5 Å². The Hall–Kier alpha value is -4.32. The van der Waals surface area contributed by atoms with Crippen LogP contribution in [0, 0.1) is 0 Å². The molecule has 1 aromatic heterocycles. The van der Waals surface area contributed by atoms with Crippen LogP contribution in [0.4, 0.5) is 5.69 Å². The second-order valence-corrected chi connectivity index (χ2v) is 8.03. The molecule has 0 radical (unpaired) electrons. The molecule has 1 N–H and O–H groups in total. The molecule has 5 aromatic rings. The van der Waals surface area contributed by atoms with Crippen LogP contribution in [0.15, 0.2) is 84.9 Å². The summed E-state index contributed by atoms with van der Waals surface area (Å²) < 4.78 is 12.8. The molecule has 6 nitrogen and oxygen atoms in total. The van der Waals surface area contributed by atoms with Crippen LogP contribution < -0.4 is 14.8 Å². The van der Waals surface area contributed by atoms with Crippen molar-refractivity contribution in [3.05, 3.63) is 96.3 Å². The summed E-state index contributed by atoms with van der Waals surface area (Å²) in [4.78, 5) is 17.9. The van der Waals surface area contributed by atoms with Gasteiger partial charge in [-0.2, -0.15) is 0 Å².